The van der Waals surface area contributed by atoms with Crippen molar-refractivity contribution in [2.75, 3.05) is 14.7 Å². The van der Waals surface area contributed by atoms with Crippen LogP contribution in [-0.4, -0.2) is 12.3 Å². The van der Waals surface area contributed by atoms with E-state index >= 15 is 0 Å². The zero-order valence-corrected chi connectivity index (χ0v) is 48.5. The van der Waals surface area contributed by atoms with Crippen molar-refractivity contribution >= 4 is 68.6 Å². The average molecular weight is 990 g/mol. The standard InChI is InChI=1S/C71H84BN3/c1-46(2)48-26-35-60-56(40-48)70(15)38-22-17-18-23-39-71(70,16)75(60)54-33-34-57-62(45-54)73(53-31-27-49(28-32-53)66(3,4)5)63-43-52(69(12,13)14)44-64-65(63)72(57)58-42-51(68(9,10)11)30-37-61(58)74(64)59-36-29-50(67(6,7)8)41-55(59)47-24-20-19-21-25-47/h19-21,24-37,40-46H,17-18,22-23,38-39H2,1-16H3. The van der Waals surface area contributed by atoms with Gasteiger partial charge >= 0.3 is 0 Å². The molecule has 7 aromatic carbocycles. The lowest BCUT2D eigenvalue weighted by molar-refractivity contribution is 0.217. The summed E-state index contributed by atoms with van der Waals surface area (Å²) in [6.07, 6.45) is 7.49. The van der Waals surface area contributed by atoms with Gasteiger partial charge in [-0.15, -0.1) is 0 Å². The number of hydrogen-bond acceptors (Lipinski definition) is 3. The molecule has 0 spiro atoms. The Hall–Kier alpha value is -6.00. The summed E-state index contributed by atoms with van der Waals surface area (Å²) >= 11 is 0. The molecule has 1 fully saturated rings. The maximum Gasteiger partial charge on any atom is 0.252 e. The molecule has 75 heavy (non-hydrogen) atoms. The van der Waals surface area contributed by atoms with Crippen molar-refractivity contribution in [1.29, 1.82) is 0 Å². The molecule has 3 heterocycles. The van der Waals surface area contributed by atoms with Crippen LogP contribution in [0.25, 0.3) is 11.1 Å². The fourth-order valence-corrected chi connectivity index (χ4v) is 13.6. The van der Waals surface area contributed by atoms with Gasteiger partial charge in [-0.25, -0.2) is 0 Å². The van der Waals surface area contributed by atoms with E-state index in [4.69, 9.17) is 0 Å². The van der Waals surface area contributed by atoms with Crippen LogP contribution in [0, 0.1) is 0 Å². The fraction of sp³-hybridized carbons (Fsp3) is 0.408. The second-order valence-corrected chi connectivity index (χ2v) is 28.0. The molecular weight excluding hydrogens is 906 g/mol. The highest BCUT2D eigenvalue weighted by molar-refractivity contribution is 7.00. The fourth-order valence-electron chi connectivity index (χ4n) is 13.6. The zero-order valence-electron chi connectivity index (χ0n) is 48.5. The van der Waals surface area contributed by atoms with E-state index < -0.39 is 0 Å². The Morgan fingerprint density at radius 1 is 0.440 bits per heavy atom. The molecule has 0 N–H and O–H groups in total. The third kappa shape index (κ3) is 8.38. The second kappa shape index (κ2) is 17.8. The minimum absolute atomic E-state index is 0.00789. The quantitative estimate of drug-likeness (QED) is 0.159. The maximum absolute atomic E-state index is 2.83. The summed E-state index contributed by atoms with van der Waals surface area (Å²) in [5.41, 5.74) is 24.7. The molecule has 2 atom stereocenters. The average Bonchev–Trinajstić information content (AvgIpc) is 3.58. The van der Waals surface area contributed by atoms with Crippen molar-refractivity contribution in [1.82, 2.24) is 0 Å². The first-order chi connectivity index (χ1) is 35.3. The summed E-state index contributed by atoms with van der Waals surface area (Å²) in [7, 11) is 0. The van der Waals surface area contributed by atoms with Crippen LogP contribution in [0.3, 0.4) is 0 Å². The molecule has 11 rings (SSSR count). The van der Waals surface area contributed by atoms with Gasteiger partial charge in [0.1, 0.15) is 0 Å². The van der Waals surface area contributed by atoms with Crippen LogP contribution in [0.2, 0.25) is 0 Å². The molecule has 2 unspecified atom stereocenters. The molecule has 4 aliphatic rings. The number of rotatable bonds is 5. The molecule has 0 bridgehead atoms. The highest BCUT2D eigenvalue weighted by atomic mass is 15.3. The van der Waals surface area contributed by atoms with Gasteiger partial charge < -0.3 is 14.7 Å². The normalized spacial score (nSPS) is 19.5. The summed E-state index contributed by atoms with van der Waals surface area (Å²) in [6, 6.07) is 55.8. The molecule has 1 saturated carbocycles. The van der Waals surface area contributed by atoms with E-state index in [1.165, 1.54) is 138 Å². The Morgan fingerprint density at radius 3 is 1.63 bits per heavy atom. The minimum Gasteiger partial charge on any atom is -0.334 e. The van der Waals surface area contributed by atoms with Gasteiger partial charge in [-0.3, -0.25) is 0 Å². The van der Waals surface area contributed by atoms with Crippen molar-refractivity contribution in [3.63, 3.8) is 0 Å². The summed E-state index contributed by atoms with van der Waals surface area (Å²) in [5, 5.41) is 0. The van der Waals surface area contributed by atoms with Crippen LogP contribution in [0.4, 0.5) is 45.5 Å². The summed E-state index contributed by atoms with van der Waals surface area (Å²) < 4.78 is 0. The Kier molecular flexibility index (Phi) is 12.1. The Labute approximate surface area is 452 Å². The van der Waals surface area contributed by atoms with Gasteiger partial charge in [0.2, 0.25) is 0 Å². The van der Waals surface area contributed by atoms with Gasteiger partial charge in [-0.05, 0) is 163 Å². The predicted octanol–water partition coefficient (Wildman–Crippen LogP) is 18.3. The lowest BCUT2D eigenvalue weighted by Gasteiger charge is -2.49. The molecule has 0 aromatic heterocycles. The number of fused-ring (bicyclic) bond motifs is 7. The van der Waals surface area contributed by atoms with E-state index in [1.807, 2.05) is 0 Å². The topological polar surface area (TPSA) is 9.72 Å². The van der Waals surface area contributed by atoms with Gasteiger partial charge in [-0.1, -0.05) is 208 Å². The molecule has 0 amide bonds. The number of anilines is 8. The SMILES string of the molecule is CC(C)c1ccc2c(c1)C1(C)CCCCCCC1(C)N2c1ccc2c(c1)N(c1ccc(C(C)(C)C)cc1)c1cc(C(C)(C)C)cc3c1B2c1cc(C(C)(C)C)ccc1N3c1ccc(C(C)(C)C)cc1-c1ccccc1. The first-order valence-corrected chi connectivity index (χ1v) is 28.6. The monoisotopic (exact) mass is 990 g/mol. The van der Waals surface area contributed by atoms with Gasteiger partial charge in [0, 0.05) is 50.8 Å². The van der Waals surface area contributed by atoms with Crippen LogP contribution in [-0.2, 0) is 27.1 Å². The summed E-state index contributed by atoms with van der Waals surface area (Å²) in [4.78, 5) is 8.16. The van der Waals surface area contributed by atoms with Crippen molar-refractivity contribution in [2.24, 2.45) is 0 Å². The summed E-state index contributed by atoms with van der Waals surface area (Å²) in [5.74, 6) is 0.471. The molecule has 0 saturated heterocycles. The number of benzene rings is 7. The van der Waals surface area contributed by atoms with Crippen LogP contribution < -0.4 is 31.1 Å². The Balaban J connectivity index is 1.24. The number of nitrogens with zero attached hydrogens (tertiary/aromatic N) is 3. The van der Waals surface area contributed by atoms with Gasteiger partial charge in [0.25, 0.3) is 6.71 Å². The van der Waals surface area contributed by atoms with Gasteiger partial charge in [0.05, 0.1) is 11.2 Å². The molecule has 4 heteroatoms. The zero-order chi connectivity index (χ0) is 53.4. The smallest absolute Gasteiger partial charge is 0.252 e. The molecule has 3 aliphatic heterocycles. The third-order valence-corrected chi connectivity index (χ3v) is 18.5. The van der Waals surface area contributed by atoms with Crippen LogP contribution in [0.1, 0.15) is 189 Å². The lowest BCUT2D eigenvalue weighted by atomic mass is 9.33. The van der Waals surface area contributed by atoms with E-state index in [2.05, 4.69) is 265 Å². The first-order valence-electron chi connectivity index (χ1n) is 28.6. The summed E-state index contributed by atoms with van der Waals surface area (Å²) in [6.45, 7) is 38.2. The Bertz CT molecular complexity index is 3330. The second-order valence-electron chi connectivity index (χ2n) is 28.0. The van der Waals surface area contributed by atoms with Crippen LogP contribution in [0.5, 0.6) is 0 Å². The molecule has 386 valence electrons. The lowest BCUT2D eigenvalue weighted by Crippen LogP contribution is -2.61. The van der Waals surface area contributed by atoms with E-state index in [0.717, 1.165) is 6.42 Å². The van der Waals surface area contributed by atoms with E-state index in [0.29, 0.717) is 5.92 Å². The number of hydrogen-bond donors (Lipinski definition) is 0. The first kappa shape index (κ1) is 51.1. The molecule has 3 nitrogen and oxygen atoms in total. The van der Waals surface area contributed by atoms with Crippen molar-refractivity contribution < 1.29 is 0 Å². The van der Waals surface area contributed by atoms with Crippen molar-refractivity contribution in [3.8, 4) is 11.1 Å². The minimum atomic E-state index is -0.142. The van der Waals surface area contributed by atoms with Crippen molar-refractivity contribution in [3.05, 3.63) is 173 Å². The molecule has 1 aliphatic carbocycles. The Morgan fingerprint density at radius 2 is 1.00 bits per heavy atom. The van der Waals surface area contributed by atoms with E-state index in [9.17, 15) is 0 Å². The van der Waals surface area contributed by atoms with E-state index in [-0.39, 0.29) is 39.3 Å². The third-order valence-electron chi connectivity index (χ3n) is 18.5. The molecule has 7 aromatic rings. The predicted molar refractivity (Wildman–Crippen MR) is 327 cm³/mol. The maximum atomic E-state index is 2.83. The van der Waals surface area contributed by atoms with Gasteiger partial charge in [0.15, 0.2) is 0 Å². The highest BCUT2D eigenvalue weighted by Crippen LogP contribution is 2.61. The van der Waals surface area contributed by atoms with Gasteiger partial charge in [-0.2, -0.15) is 0 Å². The molecular formula is C71H84BN3. The molecule has 0 radical (unpaired) electrons. The van der Waals surface area contributed by atoms with Crippen LogP contribution >= 0.6 is 0 Å². The van der Waals surface area contributed by atoms with Crippen LogP contribution in [0.15, 0.2) is 140 Å². The van der Waals surface area contributed by atoms with E-state index in [1.54, 1.807) is 0 Å². The largest absolute Gasteiger partial charge is 0.334 e. The highest BCUT2D eigenvalue weighted by Gasteiger charge is 2.57. The van der Waals surface area contributed by atoms with Crippen molar-refractivity contribution in [2.45, 2.75) is 188 Å².